The number of fused-ring (bicyclic) bond motifs is 3. The van der Waals surface area contributed by atoms with E-state index < -0.39 is 52.0 Å². The molecule has 0 saturated heterocycles. The Kier molecular flexibility index (Phi) is 5.59. The van der Waals surface area contributed by atoms with Gasteiger partial charge in [-0.3, -0.25) is 14.4 Å². The monoisotopic (exact) mass is 545 g/mol. The number of ketones is 2. The predicted octanol–water partition coefficient (Wildman–Crippen LogP) is 3.29. The molecular formula is C28H23N3O7S. The van der Waals surface area contributed by atoms with E-state index in [2.05, 4.69) is 10.3 Å². The molecule has 1 saturated carbocycles. The lowest BCUT2D eigenvalue weighted by molar-refractivity contribution is -0.147. The summed E-state index contributed by atoms with van der Waals surface area (Å²) in [5.74, 6) is -6.54. The fourth-order valence-electron chi connectivity index (χ4n) is 5.88. The molecule has 1 fully saturated rings. The molecule has 1 amide bonds. The Hall–Kier alpha value is -4.48. The number of carbonyl (C=O) groups is 3. The van der Waals surface area contributed by atoms with Crippen molar-refractivity contribution in [2.75, 3.05) is 5.32 Å². The largest absolute Gasteiger partial charge is 0.508 e. The molecule has 3 aliphatic rings. The van der Waals surface area contributed by atoms with E-state index in [9.17, 15) is 34.8 Å². The van der Waals surface area contributed by atoms with Gasteiger partial charge in [0, 0.05) is 24.1 Å². The summed E-state index contributed by atoms with van der Waals surface area (Å²) in [6.45, 7) is 0. The third-order valence-electron chi connectivity index (χ3n) is 7.74. The molecule has 0 spiro atoms. The number of nitrogens with zero attached hydrogens (tertiary/aromatic N) is 1. The molecule has 6 rings (SSSR count). The van der Waals surface area contributed by atoms with Crippen molar-refractivity contribution < 1.29 is 34.8 Å². The molecule has 2 aromatic carbocycles. The number of carbonyl (C=O) groups excluding carboxylic acids is 3. The number of phenols is 1. The zero-order valence-electron chi connectivity index (χ0n) is 20.3. The lowest BCUT2D eigenvalue weighted by atomic mass is 9.59. The molecule has 3 aromatic rings. The van der Waals surface area contributed by atoms with Crippen molar-refractivity contribution in [3.05, 3.63) is 76.7 Å². The fraction of sp³-hybridized carbons (Fsp3) is 0.214. The first-order valence-electron chi connectivity index (χ1n) is 12.2. The molecule has 1 aromatic heterocycles. The predicted molar refractivity (Wildman–Crippen MR) is 142 cm³/mol. The second-order valence-electron chi connectivity index (χ2n) is 9.92. The van der Waals surface area contributed by atoms with E-state index >= 15 is 0 Å². The van der Waals surface area contributed by atoms with Crippen LogP contribution in [0.1, 0.15) is 24.0 Å². The van der Waals surface area contributed by atoms with Crippen molar-refractivity contribution in [3.8, 4) is 16.2 Å². The summed E-state index contributed by atoms with van der Waals surface area (Å²) in [4.78, 5) is 43.1. The lowest BCUT2D eigenvalue weighted by Crippen LogP contribution is -2.58. The van der Waals surface area contributed by atoms with Gasteiger partial charge in [0.15, 0.2) is 16.5 Å². The number of aliphatic hydroxyl groups is 3. The molecule has 0 bridgehead atoms. The third kappa shape index (κ3) is 3.65. The molecule has 11 heteroatoms. The maximum Gasteiger partial charge on any atom is 0.255 e. The van der Waals surface area contributed by atoms with Crippen molar-refractivity contribution in [3.63, 3.8) is 0 Å². The second-order valence-corrected chi connectivity index (χ2v) is 11.0. The molecule has 10 nitrogen and oxygen atoms in total. The minimum atomic E-state index is -2.59. The number of nitrogens with two attached hydrogens (primary N) is 1. The third-order valence-corrected chi connectivity index (χ3v) is 8.70. The summed E-state index contributed by atoms with van der Waals surface area (Å²) in [5.41, 5.74) is 3.47. The Balaban J connectivity index is 1.38. The average molecular weight is 546 g/mol. The number of aromatic nitrogens is 1. The molecule has 3 aliphatic carbocycles. The topological polar surface area (TPSA) is 183 Å². The molecule has 3 atom stereocenters. The number of rotatable bonds is 4. The summed E-state index contributed by atoms with van der Waals surface area (Å²) in [6.07, 6.45) is 1.69. The molecule has 39 heavy (non-hydrogen) atoms. The highest BCUT2D eigenvalue weighted by molar-refractivity contribution is 7.18. The highest BCUT2D eigenvalue weighted by Gasteiger charge is 2.60. The fourth-order valence-corrected chi connectivity index (χ4v) is 6.71. The highest BCUT2D eigenvalue weighted by atomic mass is 32.1. The SMILES string of the molecule is NC(=O)C1=C(O)[C@@]2(O)C(=O)C3=C(O)c4c(ccc(Nc5ncc(-c6ccccc6)s5)c4O)C[C@H]3C[C@H]2CC1=O. The minimum absolute atomic E-state index is 0.0203. The van der Waals surface area contributed by atoms with Crippen molar-refractivity contribution in [1.29, 1.82) is 0 Å². The second kappa shape index (κ2) is 8.79. The van der Waals surface area contributed by atoms with Crippen LogP contribution in [-0.4, -0.2) is 48.5 Å². The quantitative estimate of drug-likeness (QED) is 0.212. The number of primary amides is 1. The van der Waals surface area contributed by atoms with Gasteiger partial charge in [-0.2, -0.15) is 0 Å². The Labute approximate surface area is 225 Å². The van der Waals surface area contributed by atoms with Crippen molar-refractivity contribution >= 4 is 45.4 Å². The Morgan fingerprint density at radius 1 is 1.08 bits per heavy atom. The number of thiazole rings is 1. The Bertz CT molecular complexity index is 1640. The average Bonchev–Trinajstić information content (AvgIpc) is 3.37. The van der Waals surface area contributed by atoms with Gasteiger partial charge in [-0.05, 0) is 36.0 Å². The Morgan fingerprint density at radius 3 is 2.54 bits per heavy atom. The normalized spacial score (nSPS) is 24.2. The number of nitrogens with one attached hydrogen (secondary N) is 1. The van der Waals surface area contributed by atoms with Crippen LogP contribution in [0.2, 0.25) is 0 Å². The number of phenolic OH excluding ortho intramolecular Hbond substituents is 1. The lowest BCUT2D eigenvalue weighted by Gasteiger charge is -2.46. The number of Topliss-reactive ketones (excluding diaryl/α,β-unsaturated/α-hetero) is 2. The Morgan fingerprint density at radius 2 is 1.82 bits per heavy atom. The number of benzene rings is 2. The summed E-state index contributed by atoms with van der Waals surface area (Å²) in [7, 11) is 0. The van der Waals surface area contributed by atoms with E-state index in [0.29, 0.717) is 10.7 Å². The van der Waals surface area contributed by atoms with Crippen LogP contribution in [0.4, 0.5) is 10.8 Å². The maximum absolute atomic E-state index is 13.6. The van der Waals surface area contributed by atoms with Crippen LogP contribution in [0.25, 0.3) is 16.2 Å². The zero-order chi connectivity index (χ0) is 27.6. The first kappa shape index (κ1) is 24.8. The van der Waals surface area contributed by atoms with Gasteiger partial charge >= 0.3 is 0 Å². The van der Waals surface area contributed by atoms with Gasteiger partial charge < -0.3 is 31.5 Å². The number of hydrogen-bond donors (Lipinski definition) is 6. The van der Waals surface area contributed by atoms with E-state index in [1.807, 2.05) is 30.3 Å². The first-order valence-corrected chi connectivity index (χ1v) is 13.0. The molecular weight excluding hydrogens is 522 g/mol. The number of aliphatic hydroxyl groups excluding tert-OH is 2. The molecule has 7 N–H and O–H groups in total. The van der Waals surface area contributed by atoms with Crippen molar-refractivity contribution in [2.45, 2.75) is 24.9 Å². The number of aromatic hydroxyl groups is 1. The zero-order valence-corrected chi connectivity index (χ0v) is 21.2. The van der Waals surface area contributed by atoms with Crippen LogP contribution in [0.15, 0.2) is 65.6 Å². The van der Waals surface area contributed by atoms with Crippen LogP contribution >= 0.6 is 11.3 Å². The van der Waals surface area contributed by atoms with Crippen LogP contribution in [0.3, 0.4) is 0 Å². The van der Waals surface area contributed by atoms with Crippen LogP contribution in [0.5, 0.6) is 5.75 Å². The first-order chi connectivity index (χ1) is 18.6. The van der Waals surface area contributed by atoms with Gasteiger partial charge in [-0.15, -0.1) is 0 Å². The molecule has 1 heterocycles. The number of hydrogen-bond acceptors (Lipinski definition) is 10. The minimum Gasteiger partial charge on any atom is -0.508 e. The molecule has 0 aliphatic heterocycles. The van der Waals surface area contributed by atoms with Crippen molar-refractivity contribution in [2.24, 2.45) is 17.6 Å². The summed E-state index contributed by atoms with van der Waals surface area (Å²) < 4.78 is 0. The molecule has 0 radical (unpaired) electrons. The van der Waals surface area contributed by atoms with Gasteiger partial charge in [0.1, 0.15) is 22.8 Å². The van der Waals surface area contributed by atoms with Gasteiger partial charge in [0.25, 0.3) is 5.91 Å². The molecule has 0 unspecified atom stereocenters. The van der Waals surface area contributed by atoms with Gasteiger partial charge in [0.2, 0.25) is 5.78 Å². The van der Waals surface area contributed by atoms with E-state index in [0.717, 1.165) is 10.4 Å². The summed E-state index contributed by atoms with van der Waals surface area (Å²) in [6, 6.07) is 13.0. The summed E-state index contributed by atoms with van der Waals surface area (Å²) in [5, 5.41) is 48.0. The summed E-state index contributed by atoms with van der Waals surface area (Å²) >= 11 is 1.37. The highest BCUT2D eigenvalue weighted by Crippen LogP contribution is 2.52. The standard InChI is InChI=1S/C28H23N3O7S/c29-26(37)21-17(32)10-15-9-14-8-13-6-7-16(31-27-30-11-18(39-27)12-4-2-1-3-5-12)22(33)19(13)23(34)20(14)24(35)28(15,38)25(21)36/h1-7,11,14-15,33-34,36,38H,8-10H2,(H2,29,37)(H,30,31)/t14-,15-,28-/m0/s1. The van der Waals surface area contributed by atoms with Gasteiger partial charge in [-0.1, -0.05) is 47.7 Å². The maximum atomic E-state index is 13.6. The number of amides is 1. The van der Waals surface area contributed by atoms with Crippen LogP contribution < -0.4 is 11.1 Å². The van der Waals surface area contributed by atoms with E-state index in [1.54, 1.807) is 18.3 Å². The van der Waals surface area contributed by atoms with Crippen molar-refractivity contribution in [1.82, 2.24) is 4.98 Å². The van der Waals surface area contributed by atoms with Gasteiger partial charge in [0.05, 0.1) is 16.1 Å². The van der Waals surface area contributed by atoms with Crippen LogP contribution in [-0.2, 0) is 20.8 Å². The number of anilines is 2. The van der Waals surface area contributed by atoms with E-state index in [1.165, 1.54) is 11.3 Å². The smallest absolute Gasteiger partial charge is 0.255 e. The van der Waals surface area contributed by atoms with E-state index in [-0.39, 0.29) is 41.8 Å². The molecule has 198 valence electrons. The van der Waals surface area contributed by atoms with E-state index in [4.69, 9.17) is 5.73 Å². The van der Waals surface area contributed by atoms with Gasteiger partial charge in [-0.25, -0.2) is 4.98 Å². The van der Waals surface area contributed by atoms with Crippen LogP contribution in [0, 0.1) is 11.8 Å².